The Morgan fingerprint density at radius 2 is 1.64 bits per heavy atom. The fourth-order valence-electron chi connectivity index (χ4n) is 7.35. The lowest BCUT2D eigenvalue weighted by molar-refractivity contribution is -0.136. The second-order valence-electron chi connectivity index (χ2n) is 14.3. The number of unbranched alkanes of at least 4 members (excludes halogenated alkanes) is 2. The fourth-order valence-corrected chi connectivity index (χ4v) is 7.35. The molecular formula is C44H41N7O7. The Morgan fingerprint density at radius 3 is 2.38 bits per heavy atom. The van der Waals surface area contributed by atoms with Gasteiger partial charge in [-0.15, -0.1) is 0 Å². The first kappa shape index (κ1) is 39.0. The number of hydrogen-bond donors (Lipinski definition) is 4. The van der Waals surface area contributed by atoms with Crippen LogP contribution in [0.2, 0.25) is 0 Å². The van der Waals surface area contributed by atoms with Crippen molar-refractivity contribution in [2.45, 2.75) is 44.6 Å². The summed E-state index contributed by atoms with van der Waals surface area (Å²) in [6, 6.07) is 26.2. The van der Waals surface area contributed by atoms with Crippen LogP contribution in [0.15, 0.2) is 97.2 Å². The molecule has 1 unspecified atom stereocenters. The van der Waals surface area contributed by atoms with Crippen LogP contribution in [-0.2, 0) is 14.4 Å². The number of likely N-dealkylation sites (N-methyl/N-ethyl adjacent to an activating group) is 1. The van der Waals surface area contributed by atoms with Crippen LogP contribution >= 0.6 is 0 Å². The summed E-state index contributed by atoms with van der Waals surface area (Å²) in [6.07, 6.45) is 3.83. The first-order valence-corrected chi connectivity index (χ1v) is 19.0. The van der Waals surface area contributed by atoms with Crippen molar-refractivity contribution in [3.05, 3.63) is 119 Å². The third-order valence-electron chi connectivity index (χ3n) is 10.3. The molecule has 1 fully saturated rings. The molecular weight excluding hydrogens is 739 g/mol. The standard InChI is InChI=1S/C44H41N7O7/c1-50(35-13-8-12-31-38(35)44(58)51(43(31)57)36-20-21-37(53)49-42(36)56)25-30(52)11-6-3-7-22-46-41(55)27-16-14-26(15-17-27)28-18-19-34-32(23-28)39(33(24-47-34)40(45)54)48-29-9-4-2-5-10-29/h2,4-5,8-10,12-19,23-24,36H,3,6-7,11,20-22,25H2,1H3,(H2,45,54)(H,46,55)(H,47,48)(H,49,53,56). The van der Waals surface area contributed by atoms with Gasteiger partial charge in [-0.25, -0.2) is 0 Å². The predicted molar refractivity (Wildman–Crippen MR) is 218 cm³/mol. The van der Waals surface area contributed by atoms with Crippen LogP contribution in [0.4, 0.5) is 17.1 Å². The van der Waals surface area contributed by atoms with E-state index in [1.165, 1.54) is 12.3 Å². The molecule has 14 heteroatoms. The van der Waals surface area contributed by atoms with Crippen LogP contribution in [0.5, 0.6) is 0 Å². The van der Waals surface area contributed by atoms with E-state index in [1.807, 2.05) is 60.7 Å². The van der Waals surface area contributed by atoms with Crippen LogP contribution in [0.25, 0.3) is 22.0 Å². The van der Waals surface area contributed by atoms with E-state index in [-0.39, 0.29) is 47.8 Å². The number of carbonyl (C=O) groups excluding carboxylic acids is 7. The minimum absolute atomic E-state index is 0.0132. The highest BCUT2D eigenvalue weighted by atomic mass is 16.2. The molecule has 4 aromatic carbocycles. The monoisotopic (exact) mass is 779 g/mol. The number of nitrogens with zero attached hydrogens (tertiary/aromatic N) is 3. The number of imide groups is 2. The second kappa shape index (κ2) is 16.9. The molecule has 294 valence electrons. The van der Waals surface area contributed by atoms with E-state index in [0.717, 1.165) is 27.1 Å². The maximum Gasteiger partial charge on any atom is 0.264 e. The van der Waals surface area contributed by atoms with Gasteiger partial charge in [0, 0.05) is 49.3 Å². The van der Waals surface area contributed by atoms with Gasteiger partial charge >= 0.3 is 0 Å². The molecule has 2 aliphatic rings. The van der Waals surface area contributed by atoms with Gasteiger partial charge in [-0.2, -0.15) is 0 Å². The number of fused-ring (bicyclic) bond motifs is 2. The summed E-state index contributed by atoms with van der Waals surface area (Å²) in [7, 11) is 1.67. The lowest BCUT2D eigenvalue weighted by Crippen LogP contribution is -2.54. The molecule has 1 aromatic heterocycles. The number of para-hydroxylation sites is 1. The number of primary amides is 1. The molecule has 58 heavy (non-hydrogen) atoms. The third-order valence-corrected chi connectivity index (χ3v) is 10.3. The molecule has 0 radical (unpaired) electrons. The van der Waals surface area contributed by atoms with Crippen molar-refractivity contribution in [1.29, 1.82) is 0 Å². The normalized spacial score (nSPS) is 14.9. The molecule has 5 aromatic rings. The van der Waals surface area contributed by atoms with Gasteiger partial charge in [-0.05, 0) is 78.9 Å². The number of amides is 6. The molecule has 6 amide bonds. The van der Waals surface area contributed by atoms with Gasteiger partial charge < -0.3 is 21.3 Å². The quantitative estimate of drug-likeness (QED) is 0.0815. The number of ketones is 1. The largest absolute Gasteiger partial charge is 0.367 e. The summed E-state index contributed by atoms with van der Waals surface area (Å²) in [5.41, 5.74) is 11.0. The Morgan fingerprint density at radius 1 is 0.879 bits per heavy atom. The average molecular weight is 780 g/mol. The van der Waals surface area contributed by atoms with E-state index in [0.29, 0.717) is 54.7 Å². The summed E-state index contributed by atoms with van der Waals surface area (Å²) in [6.45, 7) is 0.445. The van der Waals surface area contributed by atoms with Crippen LogP contribution < -0.4 is 26.6 Å². The zero-order chi connectivity index (χ0) is 40.9. The summed E-state index contributed by atoms with van der Waals surface area (Å²) < 4.78 is 0. The highest BCUT2D eigenvalue weighted by Crippen LogP contribution is 2.35. The van der Waals surface area contributed by atoms with Gasteiger partial charge in [-0.1, -0.05) is 48.9 Å². The first-order chi connectivity index (χ1) is 28.0. The Balaban J connectivity index is 0.885. The number of rotatable bonds is 15. The number of nitrogens with one attached hydrogen (secondary N) is 3. The molecule has 7 rings (SSSR count). The maximum atomic E-state index is 13.4. The highest BCUT2D eigenvalue weighted by molar-refractivity contribution is 6.25. The number of nitrogens with two attached hydrogens (primary N) is 1. The third kappa shape index (κ3) is 8.17. The molecule has 5 N–H and O–H groups in total. The molecule has 1 saturated heterocycles. The molecule has 2 aliphatic heterocycles. The minimum Gasteiger partial charge on any atom is -0.367 e. The summed E-state index contributed by atoms with van der Waals surface area (Å²) in [5, 5.41) is 9.18. The molecule has 0 spiro atoms. The van der Waals surface area contributed by atoms with Crippen molar-refractivity contribution in [3.8, 4) is 11.1 Å². The number of Topliss-reactive ketones (excluding diaryl/α,β-unsaturated/α-hetero) is 1. The fraction of sp³-hybridized carbons (Fsp3) is 0.227. The van der Waals surface area contributed by atoms with Crippen LogP contribution in [0.3, 0.4) is 0 Å². The molecule has 0 saturated carbocycles. The van der Waals surface area contributed by atoms with Gasteiger partial charge in [0.25, 0.3) is 23.6 Å². The Bertz CT molecular complexity index is 2470. The van der Waals surface area contributed by atoms with E-state index in [9.17, 15) is 33.6 Å². The second-order valence-corrected chi connectivity index (χ2v) is 14.3. The Hall–Kier alpha value is -7.22. The molecule has 1 atom stereocenters. The number of pyridine rings is 1. The summed E-state index contributed by atoms with van der Waals surface area (Å²) >= 11 is 0. The van der Waals surface area contributed by atoms with Crippen molar-refractivity contribution in [2.24, 2.45) is 5.73 Å². The van der Waals surface area contributed by atoms with Crippen molar-refractivity contribution in [3.63, 3.8) is 0 Å². The number of anilines is 3. The van der Waals surface area contributed by atoms with Gasteiger partial charge in [0.05, 0.1) is 40.1 Å². The lowest BCUT2D eigenvalue weighted by atomic mass is 9.99. The van der Waals surface area contributed by atoms with E-state index in [2.05, 4.69) is 20.9 Å². The van der Waals surface area contributed by atoms with E-state index >= 15 is 0 Å². The highest BCUT2D eigenvalue weighted by Gasteiger charge is 2.46. The molecule has 14 nitrogen and oxygen atoms in total. The smallest absolute Gasteiger partial charge is 0.264 e. The Labute approximate surface area is 333 Å². The number of aromatic nitrogens is 1. The molecule has 0 bridgehead atoms. The summed E-state index contributed by atoms with van der Waals surface area (Å²) in [4.78, 5) is 95.8. The topological polar surface area (TPSA) is 201 Å². The number of piperidine rings is 1. The van der Waals surface area contributed by atoms with Crippen LogP contribution in [0.1, 0.15) is 80.0 Å². The van der Waals surface area contributed by atoms with Crippen molar-refractivity contribution in [1.82, 2.24) is 20.5 Å². The zero-order valence-corrected chi connectivity index (χ0v) is 31.7. The van der Waals surface area contributed by atoms with Gasteiger partial charge in [0.2, 0.25) is 11.8 Å². The van der Waals surface area contributed by atoms with E-state index in [1.54, 1.807) is 36.2 Å². The number of carbonyl (C=O) groups is 7. The molecule has 3 heterocycles. The van der Waals surface area contributed by atoms with Crippen molar-refractivity contribution >= 4 is 69.2 Å². The predicted octanol–water partition coefficient (Wildman–Crippen LogP) is 5.14. The SMILES string of the molecule is CN(CC(=O)CCCCCNC(=O)c1ccc(-c2ccc3ncc(C(N)=O)c(Nc4ccccc4)c3c2)cc1)c1cccc2c1C(=O)N(C1CCC(=O)NC1=O)C2=O. The Kier molecular flexibility index (Phi) is 11.4. The number of hydrogen-bond acceptors (Lipinski definition) is 10. The van der Waals surface area contributed by atoms with Crippen molar-refractivity contribution in [2.75, 3.05) is 30.4 Å². The van der Waals surface area contributed by atoms with Gasteiger partial charge in [0.15, 0.2) is 5.78 Å². The van der Waals surface area contributed by atoms with Gasteiger partial charge in [0.1, 0.15) is 6.04 Å². The maximum absolute atomic E-state index is 13.4. The van der Waals surface area contributed by atoms with Gasteiger partial charge in [-0.3, -0.25) is 48.8 Å². The van der Waals surface area contributed by atoms with Crippen molar-refractivity contribution < 1.29 is 33.6 Å². The lowest BCUT2D eigenvalue weighted by Gasteiger charge is -2.28. The van der Waals surface area contributed by atoms with E-state index in [4.69, 9.17) is 5.73 Å². The minimum atomic E-state index is -1.07. The van der Waals surface area contributed by atoms with Crippen LogP contribution in [0, 0.1) is 0 Å². The summed E-state index contributed by atoms with van der Waals surface area (Å²) in [5.74, 6) is -3.23. The number of benzene rings is 4. The first-order valence-electron chi connectivity index (χ1n) is 19.0. The van der Waals surface area contributed by atoms with E-state index < -0.39 is 35.6 Å². The average Bonchev–Trinajstić information content (AvgIpc) is 3.47. The van der Waals surface area contributed by atoms with Crippen LogP contribution in [-0.4, -0.2) is 77.3 Å². The zero-order valence-electron chi connectivity index (χ0n) is 31.7. The molecule has 0 aliphatic carbocycles.